The molecule has 0 radical (unpaired) electrons. The summed E-state index contributed by atoms with van der Waals surface area (Å²) in [4.78, 5) is 24.3. The zero-order valence-electron chi connectivity index (χ0n) is 16.6. The number of hydrogen-bond acceptors (Lipinski definition) is 5. The molecule has 0 spiro atoms. The molecule has 0 heterocycles. The number of carbonyl (C=O) groups is 2. The number of benzene rings is 3. The fraction of sp³-hybridized carbons (Fsp3) is 0.125. The summed E-state index contributed by atoms with van der Waals surface area (Å²) in [5, 5.41) is 3.99. The molecular weight excluding hydrogens is 380 g/mol. The second-order valence-corrected chi connectivity index (χ2v) is 6.35. The minimum absolute atomic E-state index is 0.212. The second kappa shape index (κ2) is 10.6. The second-order valence-electron chi connectivity index (χ2n) is 6.35. The summed E-state index contributed by atoms with van der Waals surface area (Å²) < 4.78 is 11.1. The summed E-state index contributed by atoms with van der Waals surface area (Å²) in [6.45, 7) is 2.25. The molecule has 0 bridgehead atoms. The Hall–Kier alpha value is -3.93. The molecule has 0 aromatic heterocycles. The minimum Gasteiger partial charge on any atom is -0.490 e. The third-order valence-electron chi connectivity index (χ3n) is 4.09. The highest BCUT2D eigenvalue weighted by atomic mass is 16.6. The maximum atomic E-state index is 12.3. The molecule has 0 atom stereocenters. The molecule has 152 valence electrons. The van der Waals surface area contributed by atoms with Crippen LogP contribution in [0.3, 0.4) is 0 Å². The molecule has 3 aromatic rings. The third-order valence-corrected chi connectivity index (χ3v) is 4.09. The van der Waals surface area contributed by atoms with Crippen molar-refractivity contribution in [3.8, 4) is 11.5 Å². The lowest BCUT2D eigenvalue weighted by Crippen LogP contribution is -2.19. The van der Waals surface area contributed by atoms with Crippen LogP contribution in [0, 0.1) is 0 Å². The fourth-order valence-corrected chi connectivity index (χ4v) is 2.69. The number of hydrazone groups is 1. The summed E-state index contributed by atoms with van der Waals surface area (Å²) >= 11 is 0. The van der Waals surface area contributed by atoms with E-state index in [2.05, 4.69) is 10.5 Å². The van der Waals surface area contributed by atoms with Crippen molar-refractivity contribution in [3.05, 3.63) is 95.6 Å². The van der Waals surface area contributed by atoms with Crippen molar-refractivity contribution in [3.63, 3.8) is 0 Å². The van der Waals surface area contributed by atoms with Gasteiger partial charge in [0.25, 0.3) is 0 Å². The van der Waals surface area contributed by atoms with Crippen LogP contribution >= 0.6 is 0 Å². The standard InChI is InChI=1S/C24H22N2O4/c1-2-29-22-15-19(17-25-26-23(27)16-18-9-5-3-6-10-18)13-14-21(22)30-24(28)20-11-7-4-8-12-20/h3-15,17H,2,16H2,1H3,(H,26,27)/b25-17+. The first-order valence-corrected chi connectivity index (χ1v) is 9.55. The molecule has 1 N–H and O–H groups in total. The average molecular weight is 402 g/mol. The molecule has 0 aliphatic heterocycles. The van der Waals surface area contributed by atoms with Crippen molar-refractivity contribution >= 4 is 18.1 Å². The van der Waals surface area contributed by atoms with E-state index in [1.165, 1.54) is 6.21 Å². The minimum atomic E-state index is -0.467. The van der Waals surface area contributed by atoms with E-state index in [9.17, 15) is 9.59 Å². The summed E-state index contributed by atoms with van der Waals surface area (Å²) in [5.74, 6) is 0.0550. The number of amides is 1. The fourth-order valence-electron chi connectivity index (χ4n) is 2.69. The SMILES string of the molecule is CCOc1cc(/C=N/NC(=O)Cc2ccccc2)ccc1OC(=O)c1ccccc1. The van der Waals surface area contributed by atoms with Gasteiger partial charge in [0, 0.05) is 0 Å². The summed E-state index contributed by atoms with van der Waals surface area (Å²) in [6.07, 6.45) is 1.75. The number of nitrogens with one attached hydrogen (secondary N) is 1. The van der Waals surface area contributed by atoms with E-state index in [1.807, 2.05) is 43.3 Å². The first-order chi connectivity index (χ1) is 14.7. The van der Waals surface area contributed by atoms with Gasteiger partial charge in [0.15, 0.2) is 11.5 Å². The average Bonchev–Trinajstić information content (AvgIpc) is 2.77. The molecule has 3 aromatic carbocycles. The lowest BCUT2D eigenvalue weighted by Gasteiger charge is -2.11. The topological polar surface area (TPSA) is 77.0 Å². The van der Waals surface area contributed by atoms with Crippen LogP contribution in [0.2, 0.25) is 0 Å². The van der Waals surface area contributed by atoms with Gasteiger partial charge in [0.05, 0.1) is 24.8 Å². The van der Waals surface area contributed by atoms with Crippen LogP contribution in [0.4, 0.5) is 0 Å². The summed E-state index contributed by atoms with van der Waals surface area (Å²) in [5.41, 5.74) is 4.56. The largest absolute Gasteiger partial charge is 0.490 e. The van der Waals surface area contributed by atoms with E-state index in [-0.39, 0.29) is 12.3 Å². The molecule has 0 aliphatic rings. The predicted molar refractivity (Wildman–Crippen MR) is 115 cm³/mol. The first kappa shape index (κ1) is 20.8. The Labute approximate surface area is 175 Å². The molecule has 3 rings (SSSR count). The quantitative estimate of drug-likeness (QED) is 0.267. The molecule has 0 unspecified atom stereocenters. The third kappa shape index (κ3) is 6.04. The van der Waals surface area contributed by atoms with Gasteiger partial charge >= 0.3 is 5.97 Å². The van der Waals surface area contributed by atoms with E-state index in [0.29, 0.717) is 29.2 Å². The Morgan fingerprint density at radius 2 is 1.63 bits per heavy atom. The molecular formula is C24H22N2O4. The number of hydrogen-bond donors (Lipinski definition) is 1. The summed E-state index contributed by atoms with van der Waals surface area (Å²) in [7, 11) is 0. The van der Waals surface area contributed by atoms with E-state index in [4.69, 9.17) is 9.47 Å². The lowest BCUT2D eigenvalue weighted by molar-refractivity contribution is -0.120. The van der Waals surface area contributed by atoms with Gasteiger partial charge in [-0.1, -0.05) is 48.5 Å². The zero-order chi connectivity index (χ0) is 21.2. The van der Waals surface area contributed by atoms with Crippen LogP contribution < -0.4 is 14.9 Å². The van der Waals surface area contributed by atoms with Gasteiger partial charge < -0.3 is 9.47 Å². The van der Waals surface area contributed by atoms with Crippen molar-refractivity contribution in [2.24, 2.45) is 5.10 Å². The van der Waals surface area contributed by atoms with E-state index < -0.39 is 5.97 Å². The van der Waals surface area contributed by atoms with Gasteiger partial charge in [-0.25, -0.2) is 10.2 Å². The van der Waals surface area contributed by atoms with Crippen molar-refractivity contribution in [2.45, 2.75) is 13.3 Å². The monoisotopic (exact) mass is 402 g/mol. The smallest absolute Gasteiger partial charge is 0.343 e. The molecule has 6 heteroatoms. The first-order valence-electron chi connectivity index (χ1n) is 9.55. The molecule has 0 saturated heterocycles. The Morgan fingerprint density at radius 1 is 0.933 bits per heavy atom. The molecule has 0 fully saturated rings. The zero-order valence-corrected chi connectivity index (χ0v) is 16.6. The van der Waals surface area contributed by atoms with Gasteiger partial charge in [-0.3, -0.25) is 4.79 Å². The van der Waals surface area contributed by atoms with Crippen molar-refractivity contribution < 1.29 is 19.1 Å². The van der Waals surface area contributed by atoms with Crippen LogP contribution in [0.5, 0.6) is 11.5 Å². The van der Waals surface area contributed by atoms with Crippen LogP contribution in [-0.4, -0.2) is 24.7 Å². The highest BCUT2D eigenvalue weighted by molar-refractivity contribution is 5.91. The van der Waals surface area contributed by atoms with Crippen LogP contribution in [-0.2, 0) is 11.2 Å². The molecule has 1 amide bonds. The number of rotatable bonds is 8. The van der Waals surface area contributed by atoms with Gasteiger partial charge in [0.1, 0.15) is 0 Å². The van der Waals surface area contributed by atoms with E-state index >= 15 is 0 Å². The Bertz CT molecular complexity index is 1020. The molecule has 30 heavy (non-hydrogen) atoms. The molecule has 0 aliphatic carbocycles. The molecule has 6 nitrogen and oxygen atoms in total. The van der Waals surface area contributed by atoms with Gasteiger partial charge in [-0.05, 0) is 48.4 Å². The van der Waals surface area contributed by atoms with Gasteiger partial charge in [0.2, 0.25) is 5.91 Å². The van der Waals surface area contributed by atoms with Crippen LogP contribution in [0.15, 0.2) is 84.0 Å². The van der Waals surface area contributed by atoms with Crippen molar-refractivity contribution in [1.82, 2.24) is 5.43 Å². The van der Waals surface area contributed by atoms with E-state index in [0.717, 1.165) is 5.56 Å². The Morgan fingerprint density at radius 3 is 2.33 bits per heavy atom. The van der Waals surface area contributed by atoms with Crippen molar-refractivity contribution in [1.29, 1.82) is 0 Å². The number of carbonyl (C=O) groups excluding carboxylic acids is 2. The van der Waals surface area contributed by atoms with Crippen LogP contribution in [0.25, 0.3) is 0 Å². The van der Waals surface area contributed by atoms with Gasteiger partial charge in [-0.15, -0.1) is 0 Å². The van der Waals surface area contributed by atoms with Crippen molar-refractivity contribution in [2.75, 3.05) is 6.61 Å². The summed E-state index contributed by atoms with van der Waals surface area (Å²) in [6, 6.07) is 23.2. The number of esters is 1. The van der Waals surface area contributed by atoms with Crippen LogP contribution in [0.1, 0.15) is 28.4 Å². The Balaban J connectivity index is 1.64. The Kier molecular flexibility index (Phi) is 7.33. The van der Waals surface area contributed by atoms with Gasteiger partial charge in [-0.2, -0.15) is 5.10 Å². The molecule has 0 saturated carbocycles. The number of ether oxygens (including phenoxy) is 2. The normalized spacial score (nSPS) is 10.6. The highest BCUT2D eigenvalue weighted by Gasteiger charge is 2.13. The predicted octanol–water partition coefficient (Wildman–Crippen LogP) is 4.00. The highest BCUT2D eigenvalue weighted by Crippen LogP contribution is 2.28. The maximum Gasteiger partial charge on any atom is 0.343 e. The maximum absolute atomic E-state index is 12.3. The van der Waals surface area contributed by atoms with E-state index in [1.54, 1.807) is 42.5 Å². The number of nitrogens with zero attached hydrogens (tertiary/aromatic N) is 1. The lowest BCUT2D eigenvalue weighted by atomic mass is 10.1.